The molecule has 2 N–H and O–H groups in total. The van der Waals surface area contributed by atoms with E-state index in [4.69, 9.17) is 0 Å². The lowest BCUT2D eigenvalue weighted by atomic mass is 10.0. The first-order valence-corrected chi connectivity index (χ1v) is 7.47. The summed E-state index contributed by atoms with van der Waals surface area (Å²) in [6.45, 7) is 4.08. The zero-order valence-electron chi connectivity index (χ0n) is 12.5. The van der Waals surface area contributed by atoms with Gasteiger partial charge in [0, 0.05) is 20.1 Å². The predicted octanol–water partition coefficient (Wildman–Crippen LogP) is 2.68. The van der Waals surface area contributed by atoms with Crippen LogP contribution in [0, 0.1) is 5.82 Å². The molecule has 112 valence electrons. The van der Waals surface area contributed by atoms with E-state index in [0.717, 1.165) is 37.8 Å². The summed E-state index contributed by atoms with van der Waals surface area (Å²) in [4.78, 5) is 1.83. The first-order chi connectivity index (χ1) is 9.54. The van der Waals surface area contributed by atoms with Gasteiger partial charge in [-0.25, -0.2) is 4.39 Å². The number of likely N-dealkylation sites (N-methyl/N-ethyl adjacent to an activating group) is 1. The van der Waals surface area contributed by atoms with Gasteiger partial charge in [0.2, 0.25) is 0 Å². The number of hydrogen-bond donors (Lipinski definition) is 2. The summed E-state index contributed by atoms with van der Waals surface area (Å²) in [7, 11) is 1.85. The Morgan fingerprint density at radius 3 is 2.65 bits per heavy atom. The van der Waals surface area contributed by atoms with Crippen LogP contribution in [-0.2, 0) is 6.54 Å². The summed E-state index contributed by atoms with van der Waals surface area (Å²) in [5.74, 6) is -0.218. The number of hydrogen-bond acceptors (Lipinski definition) is 3. The molecule has 3 nitrogen and oxygen atoms in total. The molecular weight excluding hydrogens is 255 g/mol. The Morgan fingerprint density at radius 2 is 2.05 bits per heavy atom. The van der Waals surface area contributed by atoms with Gasteiger partial charge in [-0.3, -0.25) is 0 Å². The molecular formula is C16H25FN2O. The molecule has 1 saturated carbocycles. The van der Waals surface area contributed by atoms with Crippen LogP contribution in [0.15, 0.2) is 18.2 Å². The lowest BCUT2D eigenvalue weighted by molar-refractivity contribution is 0.0558. The molecule has 0 amide bonds. The minimum absolute atomic E-state index is 0.218. The molecule has 20 heavy (non-hydrogen) atoms. The third-order valence-corrected chi connectivity index (χ3v) is 4.07. The number of aliphatic hydroxyl groups is 1. The Morgan fingerprint density at radius 1 is 1.35 bits per heavy atom. The molecule has 0 heterocycles. The van der Waals surface area contributed by atoms with Crippen molar-refractivity contribution in [3.8, 4) is 0 Å². The Labute approximate surface area is 120 Å². The minimum Gasteiger partial charge on any atom is -0.388 e. The fraction of sp³-hybridized carbons (Fsp3) is 0.625. The molecule has 0 unspecified atom stereocenters. The highest BCUT2D eigenvalue weighted by molar-refractivity contribution is 5.49. The van der Waals surface area contributed by atoms with Gasteiger partial charge in [-0.15, -0.1) is 0 Å². The largest absolute Gasteiger partial charge is 0.388 e. The highest BCUT2D eigenvalue weighted by atomic mass is 19.1. The standard InChI is InChI=1S/C16H25FN2O/c1-3-18-11-13-6-7-15(14(17)10-13)19(2)12-16(20)8-4-5-9-16/h6-7,10,18,20H,3-5,8-9,11-12H2,1-2H3. The van der Waals surface area contributed by atoms with Crippen LogP contribution in [0.5, 0.6) is 0 Å². The van der Waals surface area contributed by atoms with Crippen molar-refractivity contribution in [1.82, 2.24) is 5.32 Å². The highest BCUT2D eigenvalue weighted by Gasteiger charge is 2.32. The van der Waals surface area contributed by atoms with E-state index in [9.17, 15) is 9.50 Å². The Balaban J connectivity index is 2.04. The van der Waals surface area contributed by atoms with E-state index in [1.54, 1.807) is 12.1 Å². The maximum Gasteiger partial charge on any atom is 0.146 e. The van der Waals surface area contributed by atoms with E-state index in [0.29, 0.717) is 18.8 Å². The molecule has 1 aliphatic rings. The Hall–Kier alpha value is -1.13. The van der Waals surface area contributed by atoms with Crippen molar-refractivity contribution in [3.05, 3.63) is 29.6 Å². The lowest BCUT2D eigenvalue weighted by Crippen LogP contribution is -2.39. The fourth-order valence-corrected chi connectivity index (χ4v) is 2.96. The summed E-state index contributed by atoms with van der Waals surface area (Å²) in [6, 6.07) is 5.32. The molecule has 0 saturated heterocycles. The number of benzene rings is 1. The van der Waals surface area contributed by atoms with E-state index < -0.39 is 5.60 Å². The van der Waals surface area contributed by atoms with Crippen molar-refractivity contribution >= 4 is 5.69 Å². The van der Waals surface area contributed by atoms with Crippen LogP contribution in [0.25, 0.3) is 0 Å². The smallest absolute Gasteiger partial charge is 0.146 e. The van der Waals surface area contributed by atoms with Crippen molar-refractivity contribution in [2.75, 3.05) is 25.0 Å². The zero-order valence-corrected chi connectivity index (χ0v) is 12.5. The van der Waals surface area contributed by atoms with Gasteiger partial charge in [-0.1, -0.05) is 25.8 Å². The quantitative estimate of drug-likeness (QED) is 0.841. The van der Waals surface area contributed by atoms with Crippen LogP contribution < -0.4 is 10.2 Å². The molecule has 4 heteroatoms. The van der Waals surface area contributed by atoms with Crippen molar-refractivity contribution in [2.24, 2.45) is 0 Å². The van der Waals surface area contributed by atoms with Gasteiger partial charge in [-0.2, -0.15) is 0 Å². The van der Waals surface area contributed by atoms with Crippen molar-refractivity contribution in [2.45, 2.75) is 44.8 Å². The van der Waals surface area contributed by atoms with E-state index in [1.807, 2.05) is 24.9 Å². The average molecular weight is 280 g/mol. The molecule has 1 aromatic rings. The number of halogens is 1. The second-order valence-electron chi connectivity index (χ2n) is 5.85. The molecule has 0 aromatic heterocycles. The molecule has 0 bridgehead atoms. The normalized spacial score (nSPS) is 17.4. The highest BCUT2D eigenvalue weighted by Crippen LogP contribution is 2.31. The van der Waals surface area contributed by atoms with Crippen molar-refractivity contribution < 1.29 is 9.50 Å². The predicted molar refractivity (Wildman–Crippen MR) is 80.5 cm³/mol. The van der Waals surface area contributed by atoms with Gasteiger partial charge < -0.3 is 15.3 Å². The van der Waals surface area contributed by atoms with Crippen LogP contribution in [0.3, 0.4) is 0 Å². The molecule has 0 radical (unpaired) electrons. The lowest BCUT2D eigenvalue weighted by Gasteiger charge is -2.30. The van der Waals surface area contributed by atoms with Gasteiger partial charge in [0.25, 0.3) is 0 Å². The van der Waals surface area contributed by atoms with E-state index in [1.165, 1.54) is 0 Å². The van der Waals surface area contributed by atoms with Crippen LogP contribution in [0.1, 0.15) is 38.2 Å². The second kappa shape index (κ2) is 6.55. The fourth-order valence-electron chi connectivity index (χ4n) is 2.96. The molecule has 1 fully saturated rings. The van der Waals surface area contributed by atoms with Gasteiger partial charge >= 0.3 is 0 Å². The topological polar surface area (TPSA) is 35.5 Å². The zero-order chi connectivity index (χ0) is 14.6. The first-order valence-electron chi connectivity index (χ1n) is 7.47. The molecule has 0 atom stereocenters. The maximum absolute atomic E-state index is 14.2. The number of rotatable bonds is 6. The van der Waals surface area contributed by atoms with Crippen molar-refractivity contribution in [1.29, 1.82) is 0 Å². The molecule has 2 rings (SSSR count). The molecule has 0 spiro atoms. The average Bonchev–Trinajstić information content (AvgIpc) is 2.82. The third kappa shape index (κ3) is 3.70. The summed E-state index contributed by atoms with van der Waals surface area (Å²) < 4.78 is 14.2. The minimum atomic E-state index is -0.649. The Kier molecular flexibility index (Phi) is 5.00. The summed E-state index contributed by atoms with van der Waals surface area (Å²) in [6.07, 6.45) is 3.76. The van der Waals surface area contributed by atoms with Crippen LogP contribution >= 0.6 is 0 Å². The first kappa shape index (κ1) is 15.3. The molecule has 1 aliphatic carbocycles. The van der Waals surface area contributed by atoms with Gasteiger partial charge in [0.05, 0.1) is 11.3 Å². The van der Waals surface area contributed by atoms with Gasteiger partial charge in [-0.05, 0) is 37.1 Å². The van der Waals surface area contributed by atoms with Crippen LogP contribution in [-0.4, -0.2) is 30.8 Å². The van der Waals surface area contributed by atoms with E-state index >= 15 is 0 Å². The van der Waals surface area contributed by atoms with Crippen LogP contribution in [0.2, 0.25) is 0 Å². The van der Waals surface area contributed by atoms with Gasteiger partial charge in [0.1, 0.15) is 5.82 Å². The second-order valence-corrected chi connectivity index (χ2v) is 5.85. The number of nitrogens with zero attached hydrogens (tertiary/aromatic N) is 1. The number of nitrogens with one attached hydrogen (secondary N) is 1. The molecule has 1 aromatic carbocycles. The van der Waals surface area contributed by atoms with Gasteiger partial charge in [0.15, 0.2) is 0 Å². The number of anilines is 1. The van der Waals surface area contributed by atoms with Crippen LogP contribution in [0.4, 0.5) is 10.1 Å². The Bertz CT molecular complexity index is 444. The monoisotopic (exact) mass is 280 g/mol. The van der Waals surface area contributed by atoms with Crippen molar-refractivity contribution in [3.63, 3.8) is 0 Å². The SMILES string of the molecule is CCNCc1ccc(N(C)CC2(O)CCCC2)c(F)c1. The third-order valence-electron chi connectivity index (χ3n) is 4.07. The summed E-state index contributed by atoms with van der Waals surface area (Å²) in [5, 5.41) is 13.6. The summed E-state index contributed by atoms with van der Waals surface area (Å²) >= 11 is 0. The maximum atomic E-state index is 14.2. The summed E-state index contributed by atoms with van der Waals surface area (Å²) in [5.41, 5.74) is 0.857. The molecule has 0 aliphatic heterocycles. The van der Waals surface area contributed by atoms with E-state index in [2.05, 4.69) is 5.32 Å². The van der Waals surface area contributed by atoms with E-state index in [-0.39, 0.29) is 5.82 Å².